The molecule has 0 radical (unpaired) electrons. The summed E-state index contributed by atoms with van der Waals surface area (Å²) in [6, 6.07) is 0. The third-order valence-corrected chi connectivity index (χ3v) is 19.8. The van der Waals surface area contributed by atoms with E-state index >= 15 is 0 Å². The van der Waals surface area contributed by atoms with Gasteiger partial charge in [-0.2, -0.15) is 0 Å². The minimum absolute atomic E-state index is 0.861. The van der Waals surface area contributed by atoms with Gasteiger partial charge in [-0.25, -0.2) is 0 Å². The van der Waals surface area contributed by atoms with Crippen molar-refractivity contribution >= 4 is 25.1 Å². The second kappa shape index (κ2) is 6.92. The first-order valence-corrected chi connectivity index (χ1v) is 18.0. The Morgan fingerprint density at radius 3 is 2.30 bits per heavy atom. The molecule has 0 aromatic rings. The van der Waals surface area contributed by atoms with Gasteiger partial charge in [0.2, 0.25) is 0 Å². The molecule has 5 aliphatic rings. The van der Waals surface area contributed by atoms with Crippen molar-refractivity contribution in [3.63, 3.8) is 0 Å². The second-order valence-electron chi connectivity index (χ2n) is 9.55. The van der Waals surface area contributed by atoms with Crippen LogP contribution in [0, 0.1) is 11.8 Å². The van der Waals surface area contributed by atoms with Gasteiger partial charge in [0, 0.05) is 0 Å². The quantitative estimate of drug-likeness (QED) is 0.444. The van der Waals surface area contributed by atoms with E-state index in [0.717, 1.165) is 24.4 Å². The van der Waals surface area contributed by atoms with Crippen LogP contribution in [0.4, 0.5) is 0 Å². The maximum absolute atomic E-state index is 3.03. The molecule has 0 amide bonds. The van der Waals surface area contributed by atoms with E-state index in [9.17, 15) is 0 Å². The van der Waals surface area contributed by atoms with E-state index in [1.165, 1.54) is 51.3 Å². The zero-order valence-corrected chi connectivity index (χ0v) is 18.3. The van der Waals surface area contributed by atoms with Crippen LogP contribution >= 0.6 is 0 Å². The van der Waals surface area contributed by atoms with Gasteiger partial charge in [0.05, 0.1) is 0 Å². The zero-order valence-electron chi connectivity index (χ0n) is 15.4. The summed E-state index contributed by atoms with van der Waals surface area (Å²) >= 11 is -2.01. The van der Waals surface area contributed by atoms with Crippen molar-refractivity contribution in [2.24, 2.45) is 11.8 Å². The van der Waals surface area contributed by atoms with Crippen LogP contribution in [0.2, 0.25) is 21.0 Å². The fraction of sp³-hybridized carbons (Fsp3) is 0.810. The molecule has 0 aromatic heterocycles. The average Bonchev–Trinajstić information content (AvgIpc) is 2.82. The van der Waals surface area contributed by atoms with Crippen LogP contribution in [0.3, 0.4) is 0 Å². The van der Waals surface area contributed by atoms with Crippen LogP contribution in [-0.4, -0.2) is 25.1 Å². The molecule has 0 nitrogen and oxygen atoms in total. The Morgan fingerprint density at radius 1 is 0.957 bits per heavy atom. The molecule has 0 atom stereocenters. The molecule has 0 unspecified atom stereocenters. The Balaban J connectivity index is 1.74. The van der Waals surface area contributed by atoms with Crippen molar-refractivity contribution in [2.75, 3.05) is 0 Å². The Labute approximate surface area is 148 Å². The van der Waals surface area contributed by atoms with Gasteiger partial charge < -0.3 is 0 Å². The summed E-state index contributed by atoms with van der Waals surface area (Å²) in [6.45, 7) is 5.84. The first kappa shape index (κ1) is 16.8. The molecule has 23 heavy (non-hydrogen) atoms. The monoisotopic (exact) mass is 418 g/mol. The molecule has 1 saturated carbocycles. The number of hydrogen-bond acceptors (Lipinski definition) is 0. The molecule has 1 aliphatic carbocycles. The van der Waals surface area contributed by atoms with Crippen molar-refractivity contribution in [3.8, 4) is 0 Å². The molecule has 2 heteroatoms. The van der Waals surface area contributed by atoms with Crippen LogP contribution in [0.15, 0.2) is 19.2 Å². The van der Waals surface area contributed by atoms with Crippen LogP contribution in [0.5, 0.6) is 0 Å². The standard InChI is InChI=1S/C16H25B.C5H10.Sn/c1-12(2)11-17-14(4)13(3)15-7-5-9-16(17)10-6-8-15;1-3-5-4-2;/h3-4,12,15-16H,5-11H2,1-2H3;1-5H2;. The van der Waals surface area contributed by atoms with E-state index in [0.29, 0.717) is 0 Å². The average molecular weight is 417 g/mol. The molecular formula is C21H35BSn. The molecule has 2 bridgehead atoms. The molecule has 4 heterocycles. The SMILES string of the molecule is CC(C)CB1C2=[CH][Sn]3([CH]=C2C2CCCC1CCC2)[CH2]CCC[CH2]3. The molecule has 0 N–H and O–H groups in total. The second-order valence-corrected chi connectivity index (χ2v) is 21.1. The third-order valence-electron chi connectivity index (χ3n) is 7.39. The Morgan fingerprint density at radius 2 is 1.65 bits per heavy atom. The predicted octanol–water partition coefficient (Wildman–Crippen LogP) is 6.61. The molecule has 1 spiro atoms. The van der Waals surface area contributed by atoms with Gasteiger partial charge in [0.15, 0.2) is 0 Å². The Hall–Kier alpha value is 0.344. The van der Waals surface area contributed by atoms with Crippen molar-refractivity contribution in [2.45, 2.75) is 92.6 Å². The molecule has 0 aromatic carbocycles. The summed E-state index contributed by atoms with van der Waals surface area (Å²) in [5, 5.41) is 0. The third kappa shape index (κ3) is 3.38. The Kier molecular flexibility index (Phi) is 5.05. The number of hydrogen-bond donors (Lipinski definition) is 0. The van der Waals surface area contributed by atoms with Crippen molar-refractivity contribution in [1.82, 2.24) is 0 Å². The molecule has 126 valence electrons. The van der Waals surface area contributed by atoms with Gasteiger partial charge in [-0.3, -0.25) is 0 Å². The fourth-order valence-electron chi connectivity index (χ4n) is 6.34. The normalized spacial score (nSPS) is 33.1. The van der Waals surface area contributed by atoms with Crippen LogP contribution in [0.25, 0.3) is 0 Å². The summed E-state index contributed by atoms with van der Waals surface area (Å²) in [4.78, 5) is 0. The Bertz CT molecular complexity index is 488. The van der Waals surface area contributed by atoms with E-state index in [1.807, 2.05) is 11.0 Å². The van der Waals surface area contributed by atoms with Crippen molar-refractivity contribution in [1.29, 1.82) is 0 Å². The van der Waals surface area contributed by atoms with E-state index in [-0.39, 0.29) is 0 Å². The summed E-state index contributed by atoms with van der Waals surface area (Å²) in [6.07, 6.45) is 15.2. The van der Waals surface area contributed by atoms with Gasteiger partial charge in [0.1, 0.15) is 0 Å². The summed E-state index contributed by atoms with van der Waals surface area (Å²) in [5.74, 6) is 2.83. The van der Waals surface area contributed by atoms with E-state index in [2.05, 4.69) is 22.0 Å². The predicted molar refractivity (Wildman–Crippen MR) is 106 cm³/mol. The molecule has 4 fully saturated rings. The van der Waals surface area contributed by atoms with Crippen LogP contribution < -0.4 is 0 Å². The van der Waals surface area contributed by atoms with E-state index < -0.39 is 18.4 Å². The van der Waals surface area contributed by atoms with Crippen LogP contribution in [0.1, 0.15) is 71.6 Å². The summed E-state index contributed by atoms with van der Waals surface area (Å²) in [7, 11) is 0. The first-order valence-electron chi connectivity index (χ1n) is 10.6. The minimum atomic E-state index is -2.01. The fourth-order valence-corrected chi connectivity index (χ4v) is 19.9. The molecule has 3 saturated heterocycles. The van der Waals surface area contributed by atoms with Gasteiger partial charge in [-0.15, -0.1) is 0 Å². The number of rotatable bonds is 2. The van der Waals surface area contributed by atoms with Crippen molar-refractivity contribution in [3.05, 3.63) is 19.2 Å². The van der Waals surface area contributed by atoms with Crippen molar-refractivity contribution < 1.29 is 0 Å². The van der Waals surface area contributed by atoms with E-state index in [1.54, 1.807) is 21.7 Å². The molecule has 4 aliphatic heterocycles. The maximum atomic E-state index is 3.03. The van der Waals surface area contributed by atoms with Gasteiger partial charge >= 0.3 is 149 Å². The van der Waals surface area contributed by atoms with E-state index in [4.69, 9.17) is 0 Å². The number of allylic oxidation sites excluding steroid dienone is 2. The first-order chi connectivity index (χ1) is 11.2. The van der Waals surface area contributed by atoms with Crippen LogP contribution in [-0.2, 0) is 0 Å². The summed E-state index contributed by atoms with van der Waals surface area (Å²) < 4.78 is 9.35. The van der Waals surface area contributed by atoms with Gasteiger partial charge in [-0.1, -0.05) is 0 Å². The number of fused-ring (bicyclic) bond motifs is 4. The van der Waals surface area contributed by atoms with Gasteiger partial charge in [-0.05, 0) is 0 Å². The molecular weight excluding hydrogens is 382 g/mol. The summed E-state index contributed by atoms with van der Waals surface area (Å²) in [5.41, 5.74) is 3.89. The van der Waals surface area contributed by atoms with Gasteiger partial charge in [0.25, 0.3) is 0 Å². The molecule has 5 rings (SSSR count). The zero-order chi connectivity index (χ0) is 15.9. The topological polar surface area (TPSA) is 0 Å².